The van der Waals surface area contributed by atoms with E-state index in [2.05, 4.69) is 13.8 Å². The third-order valence-corrected chi connectivity index (χ3v) is 3.39. The number of nitrogens with zero attached hydrogens (tertiary/aromatic N) is 1. The molecule has 0 aromatic rings. The van der Waals surface area contributed by atoms with E-state index in [1.54, 1.807) is 4.90 Å². The molecule has 0 spiro atoms. The van der Waals surface area contributed by atoms with Gasteiger partial charge in [-0.2, -0.15) is 0 Å². The van der Waals surface area contributed by atoms with Crippen LogP contribution in [0.4, 0.5) is 0 Å². The van der Waals surface area contributed by atoms with Crippen LogP contribution >= 0.6 is 23.2 Å². The van der Waals surface area contributed by atoms with Gasteiger partial charge in [-0.15, -0.1) is 23.2 Å². The van der Waals surface area contributed by atoms with Crippen molar-refractivity contribution >= 4 is 29.1 Å². The molecule has 0 bridgehead atoms. The number of hydrogen-bond acceptors (Lipinski definition) is 1. The molecule has 0 saturated heterocycles. The predicted molar refractivity (Wildman–Crippen MR) is 64.0 cm³/mol. The second kappa shape index (κ2) is 5.76. The van der Waals surface area contributed by atoms with Gasteiger partial charge in [0.1, 0.15) is 11.9 Å². The molecule has 0 heterocycles. The molecule has 0 fully saturated rings. The summed E-state index contributed by atoms with van der Waals surface area (Å²) in [6, 6.07) is 0.197. The molecule has 1 aliphatic rings. The molecule has 0 aromatic carbocycles. The maximum absolute atomic E-state index is 11.6. The van der Waals surface area contributed by atoms with Gasteiger partial charge in [-0.1, -0.05) is 12.5 Å². The molecule has 1 rings (SSSR count). The highest BCUT2D eigenvalue weighted by molar-refractivity contribution is 6.28. The van der Waals surface area contributed by atoms with Crippen molar-refractivity contribution < 1.29 is 4.79 Å². The van der Waals surface area contributed by atoms with Gasteiger partial charge in [0.05, 0.1) is 0 Å². The first kappa shape index (κ1) is 12.9. The molecule has 15 heavy (non-hydrogen) atoms. The van der Waals surface area contributed by atoms with E-state index in [9.17, 15) is 4.79 Å². The van der Waals surface area contributed by atoms with Gasteiger partial charge in [-0.05, 0) is 32.1 Å². The van der Waals surface area contributed by atoms with Crippen LogP contribution in [0, 0.1) is 5.92 Å². The fourth-order valence-electron chi connectivity index (χ4n) is 2.19. The van der Waals surface area contributed by atoms with Gasteiger partial charge < -0.3 is 4.90 Å². The first-order valence-corrected chi connectivity index (χ1v) is 6.30. The van der Waals surface area contributed by atoms with E-state index in [4.69, 9.17) is 23.2 Å². The summed E-state index contributed by atoms with van der Waals surface area (Å²) in [7, 11) is 0. The van der Waals surface area contributed by atoms with Gasteiger partial charge in [0.2, 0.25) is 5.91 Å². The highest BCUT2D eigenvalue weighted by Crippen LogP contribution is 2.32. The Bertz CT molecular complexity index is 276. The average Bonchev–Trinajstić information content (AvgIpc) is 2.22. The Morgan fingerprint density at radius 2 is 2.20 bits per heavy atom. The third kappa shape index (κ3) is 2.88. The topological polar surface area (TPSA) is 20.3 Å². The molecule has 0 saturated carbocycles. The summed E-state index contributed by atoms with van der Waals surface area (Å²) < 4.78 is 0. The standard InChI is InChI=1S/C11H17Cl2NO/c1-8-4-3-5-9(2)11(8)14(7-13)10(15)6-12/h8H,3-7H2,1-2H3. The number of rotatable bonds is 3. The van der Waals surface area contributed by atoms with Gasteiger partial charge in [0.15, 0.2) is 0 Å². The Hall–Kier alpha value is -0.210. The SMILES string of the molecule is CC1=C(N(CCl)C(=O)CCl)C(C)CCC1. The first-order chi connectivity index (χ1) is 7.11. The van der Waals surface area contributed by atoms with Crippen molar-refractivity contribution in [2.45, 2.75) is 33.1 Å². The van der Waals surface area contributed by atoms with E-state index in [1.807, 2.05) is 0 Å². The van der Waals surface area contributed by atoms with Gasteiger partial charge >= 0.3 is 0 Å². The molecule has 0 aromatic heterocycles. The molecule has 0 aliphatic heterocycles. The second-order valence-electron chi connectivity index (χ2n) is 4.03. The number of hydrogen-bond donors (Lipinski definition) is 0. The van der Waals surface area contributed by atoms with Crippen LogP contribution in [-0.4, -0.2) is 22.7 Å². The molecule has 0 N–H and O–H groups in total. The zero-order chi connectivity index (χ0) is 11.4. The number of halogens is 2. The van der Waals surface area contributed by atoms with Crippen LogP contribution in [0.2, 0.25) is 0 Å². The van der Waals surface area contributed by atoms with Crippen LogP contribution in [0.5, 0.6) is 0 Å². The van der Waals surface area contributed by atoms with Crippen molar-refractivity contribution in [1.82, 2.24) is 4.90 Å². The average molecular weight is 250 g/mol. The monoisotopic (exact) mass is 249 g/mol. The van der Waals surface area contributed by atoms with Crippen LogP contribution in [-0.2, 0) is 4.79 Å². The van der Waals surface area contributed by atoms with Gasteiger partial charge in [0.25, 0.3) is 0 Å². The fourth-order valence-corrected chi connectivity index (χ4v) is 2.60. The third-order valence-electron chi connectivity index (χ3n) is 2.92. The molecular formula is C11H17Cl2NO. The minimum absolute atomic E-state index is 0.00375. The van der Waals surface area contributed by atoms with E-state index in [-0.39, 0.29) is 17.8 Å². The minimum atomic E-state index is -0.102. The zero-order valence-electron chi connectivity index (χ0n) is 9.22. The van der Waals surface area contributed by atoms with Gasteiger partial charge in [-0.25, -0.2) is 0 Å². The van der Waals surface area contributed by atoms with E-state index >= 15 is 0 Å². The van der Waals surface area contributed by atoms with E-state index in [1.165, 1.54) is 12.0 Å². The van der Waals surface area contributed by atoms with Crippen LogP contribution in [0.1, 0.15) is 33.1 Å². The lowest BCUT2D eigenvalue weighted by Gasteiger charge is -2.32. The van der Waals surface area contributed by atoms with E-state index < -0.39 is 0 Å². The first-order valence-electron chi connectivity index (χ1n) is 5.23. The van der Waals surface area contributed by atoms with Crippen LogP contribution in [0.25, 0.3) is 0 Å². The molecule has 1 amide bonds. The highest BCUT2D eigenvalue weighted by atomic mass is 35.5. The number of carbonyl (C=O) groups excluding carboxylic acids is 1. The summed E-state index contributed by atoms with van der Waals surface area (Å²) in [6.07, 6.45) is 3.37. The normalized spacial score (nSPS) is 21.7. The quantitative estimate of drug-likeness (QED) is 0.555. The molecule has 0 radical (unpaired) electrons. The number of alkyl halides is 2. The van der Waals surface area contributed by atoms with Crippen LogP contribution in [0.3, 0.4) is 0 Å². The lowest BCUT2D eigenvalue weighted by molar-refractivity contribution is -0.126. The van der Waals surface area contributed by atoms with Crippen molar-refractivity contribution in [1.29, 1.82) is 0 Å². The number of allylic oxidation sites excluding steroid dienone is 2. The van der Waals surface area contributed by atoms with Crippen molar-refractivity contribution in [3.8, 4) is 0 Å². The Morgan fingerprint density at radius 3 is 2.67 bits per heavy atom. The minimum Gasteiger partial charge on any atom is -0.301 e. The van der Waals surface area contributed by atoms with Gasteiger partial charge in [-0.3, -0.25) is 4.79 Å². The Kier molecular flexibility index (Phi) is 4.94. The molecular weight excluding hydrogens is 233 g/mol. The maximum Gasteiger partial charge on any atom is 0.242 e. The Balaban J connectivity index is 2.95. The smallest absolute Gasteiger partial charge is 0.242 e. The fraction of sp³-hybridized carbons (Fsp3) is 0.727. The van der Waals surface area contributed by atoms with Crippen LogP contribution in [0.15, 0.2) is 11.3 Å². The van der Waals surface area contributed by atoms with E-state index in [0.29, 0.717) is 5.92 Å². The van der Waals surface area contributed by atoms with Crippen LogP contribution < -0.4 is 0 Å². The van der Waals surface area contributed by atoms with Gasteiger partial charge in [0, 0.05) is 5.70 Å². The number of carbonyl (C=O) groups is 1. The zero-order valence-corrected chi connectivity index (χ0v) is 10.7. The molecule has 4 heteroatoms. The second-order valence-corrected chi connectivity index (χ2v) is 4.54. The lowest BCUT2D eigenvalue weighted by atomic mass is 9.88. The highest BCUT2D eigenvalue weighted by Gasteiger charge is 2.25. The summed E-state index contributed by atoms with van der Waals surface area (Å²) in [5.41, 5.74) is 2.36. The van der Waals surface area contributed by atoms with E-state index in [0.717, 1.165) is 18.5 Å². The van der Waals surface area contributed by atoms with Crippen molar-refractivity contribution in [2.24, 2.45) is 5.92 Å². The van der Waals surface area contributed by atoms with Crippen molar-refractivity contribution in [3.05, 3.63) is 11.3 Å². The summed E-state index contributed by atoms with van der Waals surface area (Å²) in [4.78, 5) is 13.2. The molecule has 86 valence electrons. The molecule has 1 atom stereocenters. The molecule has 1 unspecified atom stereocenters. The summed E-state index contributed by atoms with van der Waals surface area (Å²) >= 11 is 11.4. The summed E-state index contributed by atoms with van der Waals surface area (Å²) in [5, 5.41) is 0. The molecule has 2 nitrogen and oxygen atoms in total. The Morgan fingerprint density at radius 1 is 1.53 bits per heavy atom. The predicted octanol–water partition coefficient (Wildman–Crippen LogP) is 3.34. The summed E-state index contributed by atoms with van der Waals surface area (Å²) in [5.74, 6) is 0.301. The van der Waals surface area contributed by atoms with Crippen molar-refractivity contribution in [3.63, 3.8) is 0 Å². The number of amides is 1. The Labute approximate surface area is 101 Å². The maximum atomic E-state index is 11.6. The summed E-state index contributed by atoms with van der Waals surface area (Å²) in [6.45, 7) is 4.21. The molecule has 1 aliphatic carbocycles. The largest absolute Gasteiger partial charge is 0.301 e. The lowest BCUT2D eigenvalue weighted by Crippen LogP contribution is -2.34. The van der Waals surface area contributed by atoms with Crippen molar-refractivity contribution in [2.75, 3.05) is 11.9 Å².